The Morgan fingerprint density at radius 3 is 2.59 bits per heavy atom. The van der Waals surface area contributed by atoms with Crippen molar-refractivity contribution in [3.05, 3.63) is 23.9 Å². The van der Waals surface area contributed by atoms with E-state index in [2.05, 4.69) is 11.9 Å². The summed E-state index contributed by atoms with van der Waals surface area (Å²) in [7, 11) is 0. The largest absolute Gasteiger partial charge is 0.443 e. The average molecular weight is 304 g/mol. The Morgan fingerprint density at radius 1 is 1.32 bits per heavy atom. The van der Waals surface area contributed by atoms with Crippen molar-refractivity contribution in [2.24, 2.45) is 5.92 Å². The summed E-state index contributed by atoms with van der Waals surface area (Å²) in [6.45, 7) is 9.94. The summed E-state index contributed by atoms with van der Waals surface area (Å²) in [5.41, 5.74) is 0.596. The van der Waals surface area contributed by atoms with Crippen LogP contribution in [0.3, 0.4) is 0 Å². The molecule has 0 N–H and O–H groups in total. The van der Waals surface area contributed by atoms with Crippen LogP contribution < -0.4 is 4.90 Å². The Labute approximate surface area is 133 Å². The van der Waals surface area contributed by atoms with Crippen LogP contribution in [0.2, 0.25) is 0 Å². The van der Waals surface area contributed by atoms with Crippen LogP contribution in [-0.2, 0) is 4.74 Å². The highest BCUT2D eigenvalue weighted by molar-refractivity contribution is 5.87. The number of amides is 1. The number of rotatable bonds is 2. The maximum Gasteiger partial charge on any atom is 0.416 e. The minimum absolute atomic E-state index is 0.165. The van der Waals surface area contributed by atoms with Crippen molar-refractivity contribution in [2.75, 3.05) is 4.90 Å². The van der Waals surface area contributed by atoms with Crippen LogP contribution >= 0.6 is 0 Å². The van der Waals surface area contributed by atoms with E-state index in [9.17, 15) is 4.79 Å². The molecule has 1 aromatic rings. The standard InChI is InChI=1S/C18H28N2O2/c1-13-10-11-19-16(12-13)20(17(21)22-18(3,4)5)15-9-7-6-8-14(15)2/h10-12,14-15H,6-9H2,1-5H3/t14-,15-/m1/s1. The Hall–Kier alpha value is -1.58. The van der Waals surface area contributed by atoms with E-state index >= 15 is 0 Å². The highest BCUT2D eigenvalue weighted by atomic mass is 16.6. The molecule has 1 heterocycles. The van der Waals surface area contributed by atoms with E-state index in [0.29, 0.717) is 11.7 Å². The van der Waals surface area contributed by atoms with Gasteiger partial charge in [-0.05, 0) is 64.2 Å². The third-order valence-electron chi connectivity index (χ3n) is 4.14. The Bertz CT molecular complexity index is 522. The van der Waals surface area contributed by atoms with Crippen LogP contribution in [0.1, 0.15) is 58.9 Å². The van der Waals surface area contributed by atoms with Gasteiger partial charge in [-0.3, -0.25) is 4.90 Å². The van der Waals surface area contributed by atoms with E-state index in [4.69, 9.17) is 4.74 Å². The molecule has 2 atom stereocenters. The van der Waals surface area contributed by atoms with Gasteiger partial charge in [-0.1, -0.05) is 19.8 Å². The first-order valence-electron chi connectivity index (χ1n) is 8.23. The lowest BCUT2D eigenvalue weighted by molar-refractivity contribution is 0.0543. The molecule has 1 fully saturated rings. The maximum atomic E-state index is 12.8. The van der Waals surface area contributed by atoms with Gasteiger partial charge in [0.2, 0.25) is 0 Å². The number of hydrogen-bond donors (Lipinski definition) is 0. The fraction of sp³-hybridized carbons (Fsp3) is 0.667. The minimum atomic E-state index is -0.503. The van der Waals surface area contributed by atoms with Gasteiger partial charge in [-0.15, -0.1) is 0 Å². The second-order valence-corrected chi connectivity index (χ2v) is 7.37. The quantitative estimate of drug-likeness (QED) is 0.794. The number of carbonyl (C=O) groups excluding carboxylic acids is 1. The molecule has 0 spiro atoms. The smallest absolute Gasteiger partial charge is 0.416 e. The summed E-state index contributed by atoms with van der Waals surface area (Å²) in [6, 6.07) is 4.07. The van der Waals surface area contributed by atoms with Crippen molar-refractivity contribution in [1.82, 2.24) is 4.98 Å². The summed E-state index contributed by atoms with van der Waals surface area (Å²) in [4.78, 5) is 19.0. The lowest BCUT2D eigenvalue weighted by Gasteiger charge is -2.38. The van der Waals surface area contributed by atoms with Gasteiger partial charge in [0.05, 0.1) is 0 Å². The van der Waals surface area contributed by atoms with Crippen LogP contribution in [0.15, 0.2) is 18.3 Å². The van der Waals surface area contributed by atoms with Gasteiger partial charge in [0.25, 0.3) is 0 Å². The van der Waals surface area contributed by atoms with E-state index in [-0.39, 0.29) is 12.1 Å². The molecule has 0 radical (unpaired) electrons. The Morgan fingerprint density at radius 2 is 2.00 bits per heavy atom. The molecular weight excluding hydrogens is 276 g/mol. The van der Waals surface area contributed by atoms with Gasteiger partial charge in [0.15, 0.2) is 0 Å². The lowest BCUT2D eigenvalue weighted by Crippen LogP contribution is -2.48. The number of hydrogen-bond acceptors (Lipinski definition) is 3. The van der Waals surface area contributed by atoms with Crippen LogP contribution in [-0.4, -0.2) is 22.7 Å². The van der Waals surface area contributed by atoms with Gasteiger partial charge in [0, 0.05) is 12.2 Å². The Balaban J connectivity index is 2.33. The topological polar surface area (TPSA) is 42.4 Å². The van der Waals surface area contributed by atoms with Crippen molar-refractivity contribution in [1.29, 1.82) is 0 Å². The number of carbonyl (C=O) groups is 1. The number of nitrogens with zero attached hydrogens (tertiary/aromatic N) is 2. The van der Waals surface area contributed by atoms with Gasteiger partial charge in [-0.2, -0.15) is 0 Å². The van der Waals surface area contributed by atoms with E-state index in [1.165, 1.54) is 6.42 Å². The molecule has 1 amide bonds. The zero-order chi connectivity index (χ0) is 16.3. The van der Waals surface area contributed by atoms with Crippen LogP contribution in [0.5, 0.6) is 0 Å². The summed E-state index contributed by atoms with van der Waals surface area (Å²) in [6.07, 6.45) is 6.02. The van der Waals surface area contributed by atoms with E-state index in [1.807, 2.05) is 39.8 Å². The molecule has 0 aliphatic heterocycles. The number of ether oxygens (including phenoxy) is 1. The van der Waals surface area contributed by atoms with E-state index in [0.717, 1.165) is 24.8 Å². The fourth-order valence-electron chi connectivity index (χ4n) is 3.04. The molecule has 0 saturated heterocycles. The molecule has 22 heavy (non-hydrogen) atoms. The summed E-state index contributed by atoms with van der Waals surface area (Å²) < 4.78 is 5.64. The summed E-state index contributed by atoms with van der Waals surface area (Å²) in [5, 5.41) is 0. The second-order valence-electron chi connectivity index (χ2n) is 7.37. The van der Waals surface area contributed by atoms with Crippen LogP contribution in [0.4, 0.5) is 10.6 Å². The normalized spacial score (nSPS) is 22.2. The first kappa shape index (κ1) is 16.8. The maximum absolute atomic E-state index is 12.8. The molecule has 122 valence electrons. The highest BCUT2D eigenvalue weighted by Gasteiger charge is 2.35. The number of aryl methyl sites for hydroxylation is 1. The zero-order valence-electron chi connectivity index (χ0n) is 14.4. The molecule has 0 unspecified atom stereocenters. The number of aromatic nitrogens is 1. The summed E-state index contributed by atoms with van der Waals surface area (Å²) in [5.74, 6) is 1.16. The summed E-state index contributed by atoms with van der Waals surface area (Å²) >= 11 is 0. The number of pyridine rings is 1. The average Bonchev–Trinajstić information content (AvgIpc) is 2.39. The minimum Gasteiger partial charge on any atom is -0.443 e. The van der Waals surface area contributed by atoms with Crippen molar-refractivity contribution in [3.8, 4) is 0 Å². The fourth-order valence-corrected chi connectivity index (χ4v) is 3.04. The van der Waals surface area contributed by atoms with Gasteiger partial charge in [0.1, 0.15) is 11.4 Å². The molecule has 0 aromatic carbocycles. The van der Waals surface area contributed by atoms with Crippen molar-refractivity contribution < 1.29 is 9.53 Å². The van der Waals surface area contributed by atoms with Crippen LogP contribution in [0, 0.1) is 12.8 Å². The number of anilines is 1. The van der Waals surface area contributed by atoms with Gasteiger partial charge in [-0.25, -0.2) is 9.78 Å². The third-order valence-corrected chi connectivity index (χ3v) is 4.14. The van der Waals surface area contributed by atoms with E-state index in [1.54, 1.807) is 11.1 Å². The van der Waals surface area contributed by atoms with Gasteiger partial charge >= 0.3 is 6.09 Å². The molecule has 4 nitrogen and oxygen atoms in total. The molecule has 4 heteroatoms. The predicted molar refractivity (Wildman–Crippen MR) is 89.1 cm³/mol. The molecule has 1 aromatic heterocycles. The molecule has 1 aliphatic rings. The predicted octanol–water partition coefficient (Wildman–Crippen LogP) is 4.71. The molecule has 1 aliphatic carbocycles. The molecule has 2 rings (SSSR count). The first-order valence-corrected chi connectivity index (χ1v) is 8.23. The monoisotopic (exact) mass is 304 g/mol. The lowest BCUT2D eigenvalue weighted by atomic mass is 9.85. The van der Waals surface area contributed by atoms with Crippen molar-refractivity contribution >= 4 is 11.9 Å². The zero-order valence-corrected chi connectivity index (χ0v) is 14.4. The van der Waals surface area contributed by atoms with Gasteiger partial charge < -0.3 is 4.74 Å². The van der Waals surface area contributed by atoms with Crippen LogP contribution in [0.25, 0.3) is 0 Å². The SMILES string of the molecule is Cc1ccnc(N(C(=O)OC(C)(C)C)[C@@H]2CCCC[C@H]2C)c1. The van der Waals surface area contributed by atoms with Crippen molar-refractivity contribution in [3.63, 3.8) is 0 Å². The molecular formula is C18H28N2O2. The first-order chi connectivity index (χ1) is 10.3. The molecule has 0 bridgehead atoms. The second kappa shape index (κ2) is 6.67. The highest BCUT2D eigenvalue weighted by Crippen LogP contribution is 2.32. The molecule has 1 saturated carbocycles. The Kier molecular flexibility index (Phi) is 5.09. The van der Waals surface area contributed by atoms with Crippen molar-refractivity contribution in [2.45, 2.75) is 71.9 Å². The van der Waals surface area contributed by atoms with E-state index < -0.39 is 5.60 Å². The third kappa shape index (κ3) is 4.21.